The standard InChI is InChI=1S/C8H16Cl8O4Si4/c9-1-21(2-10)17-22(3-11,4-12)19-24(7-15,8-16)20-23(5-13,6-14)18-21/h1-8H2. The van der Waals surface area contributed by atoms with E-state index in [-0.39, 0.29) is 44.0 Å². The largest absolute Gasteiger partial charge is 0.413 e. The van der Waals surface area contributed by atoms with Crippen molar-refractivity contribution in [2.45, 2.75) is 0 Å². The molecule has 4 nitrogen and oxygen atoms in total. The summed E-state index contributed by atoms with van der Waals surface area (Å²) >= 11 is 49.1. The third-order valence-electron chi connectivity index (χ3n) is 3.12. The molecule has 1 saturated heterocycles. The summed E-state index contributed by atoms with van der Waals surface area (Å²) in [6, 6.07) is 0. The first kappa shape index (κ1) is 25.1. The maximum Gasteiger partial charge on any atom is 0.351 e. The van der Waals surface area contributed by atoms with Gasteiger partial charge in [-0.05, 0) is 0 Å². The van der Waals surface area contributed by atoms with Crippen LogP contribution in [0.3, 0.4) is 0 Å². The minimum absolute atomic E-state index is 0.0323. The van der Waals surface area contributed by atoms with E-state index in [1.54, 1.807) is 0 Å². The van der Waals surface area contributed by atoms with Crippen LogP contribution in [0.15, 0.2) is 0 Å². The van der Waals surface area contributed by atoms with E-state index in [1.165, 1.54) is 0 Å². The first-order valence-electron chi connectivity index (χ1n) is 6.60. The van der Waals surface area contributed by atoms with E-state index in [2.05, 4.69) is 0 Å². The highest BCUT2D eigenvalue weighted by molar-refractivity contribution is 7.03. The van der Waals surface area contributed by atoms with Crippen molar-refractivity contribution >= 4 is 127 Å². The van der Waals surface area contributed by atoms with Crippen molar-refractivity contribution in [2.24, 2.45) is 0 Å². The Balaban J connectivity index is 3.45. The monoisotopic (exact) mass is 568 g/mol. The van der Waals surface area contributed by atoms with Gasteiger partial charge in [-0.25, -0.2) is 0 Å². The fraction of sp³-hybridized carbons (Fsp3) is 1.00. The van der Waals surface area contributed by atoms with Crippen LogP contribution in [0.1, 0.15) is 0 Å². The van der Waals surface area contributed by atoms with Gasteiger partial charge in [-0.15, -0.1) is 92.8 Å². The van der Waals surface area contributed by atoms with Gasteiger partial charge in [0.05, 0.1) is 44.0 Å². The molecule has 0 saturated carbocycles. The molecule has 1 aliphatic rings. The molecule has 1 rings (SSSR count). The zero-order chi connectivity index (χ0) is 18.5. The molecule has 0 N–H and O–H groups in total. The van der Waals surface area contributed by atoms with Crippen LogP contribution >= 0.6 is 92.8 Å². The van der Waals surface area contributed by atoms with Crippen LogP contribution in [0.5, 0.6) is 0 Å². The van der Waals surface area contributed by atoms with Gasteiger partial charge in [0, 0.05) is 0 Å². The summed E-state index contributed by atoms with van der Waals surface area (Å²) in [4.78, 5) is 0. The molecule has 16 heteroatoms. The van der Waals surface area contributed by atoms with E-state index in [0.717, 1.165) is 0 Å². The molecule has 0 atom stereocenters. The van der Waals surface area contributed by atoms with Crippen LogP contribution in [-0.2, 0) is 16.5 Å². The second-order valence-corrected chi connectivity index (χ2v) is 24.2. The molecule has 0 radical (unpaired) electrons. The van der Waals surface area contributed by atoms with Crippen LogP contribution in [0.2, 0.25) is 0 Å². The van der Waals surface area contributed by atoms with Gasteiger partial charge in [0.1, 0.15) is 0 Å². The van der Waals surface area contributed by atoms with Crippen molar-refractivity contribution < 1.29 is 16.5 Å². The summed E-state index contributed by atoms with van der Waals surface area (Å²) in [5, 5.41) is 0. The number of rotatable bonds is 8. The molecule has 0 unspecified atom stereocenters. The predicted octanol–water partition coefficient (Wildman–Crippen LogP) is 4.06. The highest BCUT2D eigenvalue weighted by Gasteiger charge is 2.62. The molecule has 1 fully saturated rings. The van der Waals surface area contributed by atoms with Gasteiger partial charge >= 0.3 is 34.2 Å². The summed E-state index contributed by atoms with van der Waals surface area (Å²) < 4.78 is 25.0. The van der Waals surface area contributed by atoms with Gasteiger partial charge in [0.25, 0.3) is 0 Å². The Labute approximate surface area is 186 Å². The smallest absolute Gasteiger partial charge is 0.351 e. The van der Waals surface area contributed by atoms with Gasteiger partial charge in [0.15, 0.2) is 0 Å². The van der Waals surface area contributed by atoms with Crippen molar-refractivity contribution in [1.29, 1.82) is 0 Å². The Bertz CT molecular complexity index is 306. The lowest BCUT2D eigenvalue weighted by Gasteiger charge is -2.50. The lowest BCUT2D eigenvalue weighted by Crippen LogP contribution is -2.75. The van der Waals surface area contributed by atoms with Gasteiger partial charge in [-0.2, -0.15) is 0 Å². The van der Waals surface area contributed by atoms with Crippen LogP contribution in [0.25, 0.3) is 0 Å². The molecule has 0 aromatic rings. The van der Waals surface area contributed by atoms with Crippen molar-refractivity contribution in [3.05, 3.63) is 0 Å². The zero-order valence-corrected chi connectivity index (χ0v) is 22.4. The van der Waals surface area contributed by atoms with Crippen LogP contribution in [0, 0.1) is 0 Å². The van der Waals surface area contributed by atoms with Crippen molar-refractivity contribution in [3.63, 3.8) is 0 Å². The van der Waals surface area contributed by atoms with Crippen molar-refractivity contribution in [3.8, 4) is 0 Å². The van der Waals surface area contributed by atoms with E-state index < -0.39 is 34.2 Å². The van der Waals surface area contributed by atoms with Gasteiger partial charge in [-0.3, -0.25) is 0 Å². The van der Waals surface area contributed by atoms with E-state index in [9.17, 15) is 0 Å². The quantitative estimate of drug-likeness (QED) is 0.325. The molecule has 0 amide bonds. The van der Waals surface area contributed by atoms with Gasteiger partial charge in [0.2, 0.25) is 0 Å². The van der Waals surface area contributed by atoms with Crippen molar-refractivity contribution in [1.82, 2.24) is 0 Å². The molecule has 144 valence electrons. The Morgan fingerprint density at radius 1 is 0.333 bits per heavy atom. The lowest BCUT2D eigenvalue weighted by atomic mass is 11.8. The van der Waals surface area contributed by atoms with Crippen LogP contribution < -0.4 is 0 Å². The maximum atomic E-state index is 6.24. The molecule has 1 aliphatic heterocycles. The Morgan fingerprint density at radius 3 is 0.542 bits per heavy atom. The van der Waals surface area contributed by atoms with E-state index in [4.69, 9.17) is 109 Å². The van der Waals surface area contributed by atoms with Gasteiger partial charge < -0.3 is 16.5 Å². The third-order valence-corrected chi connectivity index (χ3v) is 28.1. The summed E-state index contributed by atoms with van der Waals surface area (Å²) in [6.07, 6.45) is 0. The van der Waals surface area contributed by atoms with E-state index in [0.29, 0.717) is 0 Å². The second-order valence-electron chi connectivity index (χ2n) is 5.12. The summed E-state index contributed by atoms with van der Waals surface area (Å²) in [6.45, 7) is 0. The first-order valence-corrected chi connectivity index (χ1v) is 19.8. The average Bonchev–Trinajstić information content (AvgIpc) is 2.63. The Kier molecular flexibility index (Phi) is 11.2. The fourth-order valence-corrected chi connectivity index (χ4v) is 30.1. The average molecular weight is 572 g/mol. The zero-order valence-electron chi connectivity index (χ0n) is 12.3. The summed E-state index contributed by atoms with van der Waals surface area (Å²) in [7, 11) is -12.6. The molecule has 0 aromatic heterocycles. The molecule has 0 bridgehead atoms. The SMILES string of the molecule is ClC[Si]1(CCl)O[Si](CCl)(CCl)O[Si](CCl)(CCl)O[Si](CCl)(CCl)O1. The Hall–Kier alpha value is 3.03. The second kappa shape index (κ2) is 10.7. The molecule has 24 heavy (non-hydrogen) atoms. The fourth-order valence-electron chi connectivity index (χ4n) is 2.02. The van der Waals surface area contributed by atoms with E-state index >= 15 is 0 Å². The van der Waals surface area contributed by atoms with Crippen molar-refractivity contribution in [2.75, 3.05) is 44.0 Å². The molecular formula is C8H16Cl8O4Si4. The molecule has 0 spiro atoms. The minimum Gasteiger partial charge on any atom is -0.413 e. The number of hydrogen-bond donors (Lipinski definition) is 0. The maximum absolute atomic E-state index is 6.24. The topological polar surface area (TPSA) is 36.9 Å². The number of alkyl halides is 8. The molecule has 1 heterocycles. The van der Waals surface area contributed by atoms with Gasteiger partial charge in [-0.1, -0.05) is 0 Å². The molecular weight excluding hydrogens is 556 g/mol. The summed E-state index contributed by atoms with van der Waals surface area (Å²) in [5.74, 6) is 0. The third kappa shape index (κ3) is 5.55. The minimum atomic E-state index is -3.15. The molecule has 0 aliphatic carbocycles. The highest BCUT2D eigenvalue weighted by Crippen LogP contribution is 2.35. The van der Waals surface area contributed by atoms with Crippen LogP contribution in [-0.4, -0.2) is 78.3 Å². The predicted molar refractivity (Wildman–Crippen MR) is 113 cm³/mol. The highest BCUT2D eigenvalue weighted by atomic mass is 35.5. The van der Waals surface area contributed by atoms with E-state index in [1.807, 2.05) is 0 Å². The lowest BCUT2D eigenvalue weighted by molar-refractivity contribution is 0.232. The molecule has 0 aromatic carbocycles. The van der Waals surface area contributed by atoms with Crippen LogP contribution in [0.4, 0.5) is 0 Å². The number of hydrogen-bond acceptors (Lipinski definition) is 4. The summed E-state index contributed by atoms with van der Waals surface area (Å²) in [5.41, 5.74) is 0.259. The Morgan fingerprint density at radius 2 is 0.458 bits per heavy atom. The number of halogens is 8. The first-order chi connectivity index (χ1) is 11.3. The normalized spacial score (nSPS) is 25.0.